The Balaban J connectivity index is 1.34. The van der Waals surface area contributed by atoms with Crippen molar-refractivity contribution in [3.8, 4) is 16.9 Å². The summed E-state index contributed by atoms with van der Waals surface area (Å²) < 4.78 is 6.20. The molecular weight excluding hydrogens is 518 g/mol. The fraction of sp³-hybridized carbons (Fsp3) is 0.211. The molecule has 5 rings (SSSR count). The first-order valence-electron chi connectivity index (χ1n) is 14.8. The summed E-state index contributed by atoms with van der Waals surface area (Å²) in [5.41, 5.74) is 7.49. The molecule has 0 N–H and O–H groups in total. The second-order valence-electron chi connectivity index (χ2n) is 10.7. The lowest BCUT2D eigenvalue weighted by molar-refractivity contribution is -0.384. The van der Waals surface area contributed by atoms with Gasteiger partial charge in [0.05, 0.1) is 10.5 Å². The third kappa shape index (κ3) is 7.13. The van der Waals surface area contributed by atoms with E-state index in [-0.39, 0.29) is 16.5 Å². The highest BCUT2D eigenvalue weighted by Gasteiger charge is 2.18. The van der Waals surface area contributed by atoms with Crippen molar-refractivity contribution in [1.29, 1.82) is 0 Å². The minimum Gasteiger partial charge on any atom is -0.489 e. The van der Waals surface area contributed by atoms with Gasteiger partial charge in [-0.1, -0.05) is 129 Å². The van der Waals surface area contributed by atoms with Crippen LogP contribution in [0.1, 0.15) is 66.3 Å². The summed E-state index contributed by atoms with van der Waals surface area (Å²) in [6.07, 6.45) is 6.22. The first-order chi connectivity index (χ1) is 20.6. The van der Waals surface area contributed by atoms with Crippen molar-refractivity contribution in [2.24, 2.45) is 0 Å². The van der Waals surface area contributed by atoms with Crippen LogP contribution >= 0.6 is 0 Å². The van der Waals surface area contributed by atoms with Crippen LogP contribution in [0.5, 0.6) is 5.75 Å². The summed E-state index contributed by atoms with van der Waals surface area (Å²) in [5, 5.41) is 11.6. The number of hydrogen-bond acceptors (Lipinski definition) is 3. The van der Waals surface area contributed by atoms with Crippen LogP contribution in [-0.4, -0.2) is 4.92 Å². The molecule has 0 spiro atoms. The van der Waals surface area contributed by atoms with Crippen LogP contribution in [0.25, 0.3) is 11.1 Å². The molecular formula is C38H37NO3. The summed E-state index contributed by atoms with van der Waals surface area (Å²) in [4.78, 5) is 11.3. The number of unbranched alkanes of at least 4 members (excludes halogenated alkanes) is 3. The quantitative estimate of drug-likeness (QED) is 0.0628. The third-order valence-electron chi connectivity index (χ3n) is 7.78. The Morgan fingerprint density at radius 3 is 1.93 bits per heavy atom. The number of para-hydroxylation sites is 1. The zero-order chi connectivity index (χ0) is 29.1. The number of nitro groups is 1. The van der Waals surface area contributed by atoms with Gasteiger partial charge in [0.1, 0.15) is 12.4 Å². The Morgan fingerprint density at radius 1 is 0.643 bits per heavy atom. The summed E-state index contributed by atoms with van der Waals surface area (Å²) in [6.45, 7) is 2.56. The standard InChI is InChI=1S/C38H37NO3/c1-2-3-4-6-13-29-20-22-31(23-21-29)38(30-14-7-5-8-15-30)32-24-26-34(27-25-32)42-28-33-16-9-10-17-35(33)36-18-11-12-19-37(36)39(40)41/h5,7-12,14-27,38H,2-4,6,13,28H2,1H3. The van der Waals surface area contributed by atoms with Crippen LogP contribution in [0.2, 0.25) is 0 Å². The predicted molar refractivity (Wildman–Crippen MR) is 171 cm³/mol. The van der Waals surface area contributed by atoms with Crippen molar-refractivity contribution < 1.29 is 9.66 Å². The summed E-state index contributed by atoms with van der Waals surface area (Å²) >= 11 is 0. The van der Waals surface area contributed by atoms with Crippen LogP contribution in [-0.2, 0) is 13.0 Å². The number of nitro benzene ring substituents is 1. The van der Waals surface area contributed by atoms with Gasteiger partial charge in [-0.15, -0.1) is 0 Å². The SMILES string of the molecule is CCCCCCc1ccc(C(c2ccccc2)c2ccc(OCc3ccccc3-c3ccccc3[N+](=O)[O-])cc2)cc1. The molecule has 0 bridgehead atoms. The van der Waals surface area contributed by atoms with Crippen LogP contribution in [0.4, 0.5) is 5.69 Å². The first-order valence-corrected chi connectivity index (χ1v) is 14.8. The number of rotatable bonds is 13. The average molecular weight is 556 g/mol. The highest BCUT2D eigenvalue weighted by Crippen LogP contribution is 2.35. The van der Waals surface area contributed by atoms with Gasteiger partial charge in [0.2, 0.25) is 0 Å². The number of aryl methyl sites for hydroxylation is 1. The fourth-order valence-electron chi connectivity index (χ4n) is 5.54. The van der Waals surface area contributed by atoms with Gasteiger partial charge in [-0.3, -0.25) is 10.1 Å². The van der Waals surface area contributed by atoms with Gasteiger partial charge in [0.25, 0.3) is 5.69 Å². The number of benzene rings is 5. The smallest absolute Gasteiger partial charge is 0.277 e. The van der Waals surface area contributed by atoms with Gasteiger partial charge in [0.15, 0.2) is 0 Å². The maximum absolute atomic E-state index is 11.6. The van der Waals surface area contributed by atoms with E-state index in [0.29, 0.717) is 12.2 Å². The molecule has 4 heteroatoms. The molecule has 0 aliphatic carbocycles. The molecule has 4 nitrogen and oxygen atoms in total. The van der Waals surface area contributed by atoms with Gasteiger partial charge >= 0.3 is 0 Å². The van der Waals surface area contributed by atoms with Gasteiger partial charge in [-0.05, 0) is 64.4 Å². The average Bonchev–Trinajstić information content (AvgIpc) is 3.04. The van der Waals surface area contributed by atoms with E-state index < -0.39 is 0 Å². The Bertz CT molecular complexity index is 1580. The summed E-state index contributed by atoms with van der Waals surface area (Å²) in [6, 6.07) is 42.6. The lowest BCUT2D eigenvalue weighted by atomic mass is 9.84. The van der Waals surface area contributed by atoms with E-state index in [1.54, 1.807) is 12.1 Å². The molecule has 0 aromatic heterocycles. The molecule has 1 unspecified atom stereocenters. The molecule has 0 heterocycles. The zero-order valence-electron chi connectivity index (χ0n) is 24.1. The third-order valence-corrected chi connectivity index (χ3v) is 7.78. The van der Waals surface area contributed by atoms with E-state index >= 15 is 0 Å². The maximum Gasteiger partial charge on any atom is 0.277 e. The molecule has 5 aromatic rings. The Morgan fingerprint density at radius 2 is 1.24 bits per heavy atom. The number of nitrogens with zero attached hydrogens (tertiary/aromatic N) is 1. The molecule has 42 heavy (non-hydrogen) atoms. The van der Waals surface area contributed by atoms with E-state index in [1.165, 1.54) is 54.0 Å². The molecule has 1 atom stereocenters. The van der Waals surface area contributed by atoms with Crippen molar-refractivity contribution in [3.05, 3.63) is 165 Å². The fourth-order valence-corrected chi connectivity index (χ4v) is 5.54. The zero-order valence-corrected chi connectivity index (χ0v) is 24.1. The molecule has 0 aliphatic rings. The van der Waals surface area contributed by atoms with E-state index in [1.807, 2.05) is 42.5 Å². The van der Waals surface area contributed by atoms with E-state index in [2.05, 4.69) is 73.7 Å². The van der Waals surface area contributed by atoms with E-state index in [0.717, 1.165) is 23.3 Å². The van der Waals surface area contributed by atoms with Gasteiger partial charge in [-0.25, -0.2) is 0 Å². The topological polar surface area (TPSA) is 52.4 Å². The van der Waals surface area contributed by atoms with Crippen molar-refractivity contribution in [1.82, 2.24) is 0 Å². The highest BCUT2D eigenvalue weighted by atomic mass is 16.6. The maximum atomic E-state index is 11.6. The second-order valence-corrected chi connectivity index (χ2v) is 10.7. The predicted octanol–water partition coefficient (Wildman–Crippen LogP) is 10.1. The lowest BCUT2D eigenvalue weighted by Gasteiger charge is -2.20. The van der Waals surface area contributed by atoms with Crippen LogP contribution in [0, 0.1) is 10.1 Å². The molecule has 212 valence electrons. The Labute approximate surface area is 248 Å². The first kappa shape index (κ1) is 28.8. The molecule has 0 saturated carbocycles. The summed E-state index contributed by atoms with van der Waals surface area (Å²) in [5.74, 6) is 0.874. The van der Waals surface area contributed by atoms with Gasteiger partial charge in [-0.2, -0.15) is 0 Å². The Kier molecular flexibility index (Phi) is 9.79. The molecule has 0 aliphatic heterocycles. The number of ether oxygens (including phenoxy) is 1. The van der Waals surface area contributed by atoms with Crippen molar-refractivity contribution in [2.45, 2.75) is 51.6 Å². The molecule has 0 fully saturated rings. The minimum absolute atomic E-state index is 0.0887. The monoisotopic (exact) mass is 555 g/mol. The largest absolute Gasteiger partial charge is 0.489 e. The summed E-state index contributed by atoms with van der Waals surface area (Å²) in [7, 11) is 0. The van der Waals surface area contributed by atoms with Gasteiger partial charge < -0.3 is 4.74 Å². The van der Waals surface area contributed by atoms with Crippen LogP contribution in [0.15, 0.2) is 127 Å². The van der Waals surface area contributed by atoms with Crippen LogP contribution in [0.3, 0.4) is 0 Å². The lowest BCUT2D eigenvalue weighted by Crippen LogP contribution is -2.04. The van der Waals surface area contributed by atoms with Crippen molar-refractivity contribution in [3.63, 3.8) is 0 Å². The molecule has 0 radical (unpaired) electrons. The minimum atomic E-state index is -0.337. The molecule has 0 amide bonds. The molecule has 0 saturated heterocycles. The van der Waals surface area contributed by atoms with Crippen LogP contribution < -0.4 is 4.74 Å². The molecule has 5 aromatic carbocycles. The van der Waals surface area contributed by atoms with E-state index in [9.17, 15) is 10.1 Å². The van der Waals surface area contributed by atoms with Crippen molar-refractivity contribution >= 4 is 5.69 Å². The van der Waals surface area contributed by atoms with E-state index in [4.69, 9.17) is 4.74 Å². The van der Waals surface area contributed by atoms with Crippen molar-refractivity contribution in [2.75, 3.05) is 0 Å². The second kappa shape index (κ2) is 14.3. The normalized spacial score (nSPS) is 11.6. The van der Waals surface area contributed by atoms with Gasteiger partial charge in [0, 0.05) is 12.0 Å². The number of hydrogen-bond donors (Lipinski definition) is 0. The Hall–Kier alpha value is -4.70. The highest BCUT2D eigenvalue weighted by molar-refractivity contribution is 5.76.